The van der Waals surface area contributed by atoms with Gasteiger partial charge >= 0.3 is 6.03 Å². The molecule has 0 fully saturated rings. The number of aromatic nitrogens is 2. The summed E-state index contributed by atoms with van der Waals surface area (Å²) in [6.45, 7) is 5.03. The lowest BCUT2D eigenvalue weighted by atomic mass is 10.2. The first-order chi connectivity index (χ1) is 10.6. The van der Waals surface area contributed by atoms with Gasteiger partial charge in [-0.2, -0.15) is 0 Å². The van der Waals surface area contributed by atoms with Gasteiger partial charge in [0.05, 0.1) is 0 Å². The van der Waals surface area contributed by atoms with E-state index in [9.17, 15) is 4.79 Å². The van der Waals surface area contributed by atoms with Crippen molar-refractivity contribution in [2.24, 2.45) is 0 Å². The van der Waals surface area contributed by atoms with Crippen molar-refractivity contribution in [1.29, 1.82) is 0 Å². The van der Waals surface area contributed by atoms with E-state index in [-0.39, 0.29) is 6.03 Å². The number of carbonyl (C=O) groups excluding carboxylic acids is 1. The van der Waals surface area contributed by atoms with Gasteiger partial charge in [-0.25, -0.2) is 4.79 Å². The number of carbonyl (C=O) groups is 1. The van der Waals surface area contributed by atoms with E-state index in [4.69, 9.17) is 0 Å². The van der Waals surface area contributed by atoms with E-state index in [1.807, 2.05) is 43.1 Å². The average molecular weight is 319 g/mol. The van der Waals surface area contributed by atoms with Crippen LogP contribution in [0.25, 0.3) is 0 Å². The van der Waals surface area contributed by atoms with Crippen molar-refractivity contribution in [2.45, 2.75) is 26.7 Å². The van der Waals surface area contributed by atoms with Crippen LogP contribution in [-0.4, -0.2) is 29.8 Å². The highest BCUT2D eigenvalue weighted by Crippen LogP contribution is 2.23. The zero-order valence-corrected chi connectivity index (χ0v) is 13.9. The Labute approximate surface area is 134 Å². The van der Waals surface area contributed by atoms with Crippen LogP contribution in [0, 0.1) is 6.92 Å². The van der Waals surface area contributed by atoms with E-state index < -0.39 is 0 Å². The highest BCUT2D eigenvalue weighted by Gasteiger charge is 2.11. The van der Waals surface area contributed by atoms with Crippen LogP contribution in [0.3, 0.4) is 0 Å². The molecule has 0 atom stereocenters. The minimum atomic E-state index is -0.312. The van der Waals surface area contributed by atoms with Gasteiger partial charge in [0.1, 0.15) is 0 Å². The summed E-state index contributed by atoms with van der Waals surface area (Å²) in [6.07, 6.45) is 2.24. The zero-order valence-electron chi connectivity index (χ0n) is 13.1. The van der Waals surface area contributed by atoms with E-state index in [2.05, 4.69) is 27.8 Å². The SMILES string of the molecule is CCCCN(C)c1nnc(NC(=O)Nc2ccccc2C)s1. The Balaban J connectivity index is 1.92. The second kappa shape index (κ2) is 7.74. The fourth-order valence-corrected chi connectivity index (χ4v) is 2.60. The van der Waals surface area contributed by atoms with Crippen LogP contribution in [0.1, 0.15) is 25.3 Å². The molecule has 1 aromatic heterocycles. The van der Waals surface area contributed by atoms with Crippen LogP contribution in [0.2, 0.25) is 0 Å². The van der Waals surface area contributed by atoms with Gasteiger partial charge in [0.2, 0.25) is 10.3 Å². The molecule has 7 heteroatoms. The molecule has 2 amide bonds. The second-order valence-corrected chi connectivity index (χ2v) is 6.01. The van der Waals surface area contributed by atoms with Crippen LogP contribution < -0.4 is 15.5 Å². The lowest BCUT2D eigenvalue weighted by molar-refractivity contribution is 0.262. The van der Waals surface area contributed by atoms with Gasteiger partial charge in [-0.05, 0) is 25.0 Å². The molecule has 2 aromatic rings. The highest BCUT2D eigenvalue weighted by molar-refractivity contribution is 7.19. The molecule has 0 saturated carbocycles. The van der Waals surface area contributed by atoms with Gasteiger partial charge in [-0.1, -0.05) is 42.9 Å². The molecule has 1 aromatic carbocycles. The van der Waals surface area contributed by atoms with Crippen molar-refractivity contribution in [2.75, 3.05) is 29.1 Å². The van der Waals surface area contributed by atoms with Gasteiger partial charge in [-0.3, -0.25) is 5.32 Å². The standard InChI is InChI=1S/C15H21N5OS/c1-4-5-10-20(3)15-19-18-14(22-15)17-13(21)16-12-9-7-6-8-11(12)2/h6-9H,4-5,10H2,1-3H3,(H2,16,17,18,21). The van der Waals surface area contributed by atoms with Crippen molar-refractivity contribution in [1.82, 2.24) is 10.2 Å². The number of rotatable bonds is 6. The summed E-state index contributed by atoms with van der Waals surface area (Å²) >= 11 is 1.37. The second-order valence-electron chi connectivity index (χ2n) is 5.06. The number of nitrogens with one attached hydrogen (secondary N) is 2. The van der Waals surface area contributed by atoms with Gasteiger partial charge in [-0.15, -0.1) is 10.2 Å². The molecule has 0 bridgehead atoms. The quantitative estimate of drug-likeness (QED) is 0.851. The van der Waals surface area contributed by atoms with E-state index >= 15 is 0 Å². The fourth-order valence-electron chi connectivity index (χ4n) is 1.88. The normalized spacial score (nSPS) is 10.3. The van der Waals surface area contributed by atoms with E-state index in [1.165, 1.54) is 11.3 Å². The molecule has 2 rings (SSSR count). The topological polar surface area (TPSA) is 70.2 Å². The largest absolute Gasteiger partial charge is 0.350 e. The molecule has 0 unspecified atom stereocenters. The number of para-hydroxylation sites is 1. The summed E-state index contributed by atoms with van der Waals surface area (Å²) < 4.78 is 0. The number of nitrogens with zero attached hydrogens (tertiary/aromatic N) is 3. The predicted molar refractivity (Wildman–Crippen MR) is 91.9 cm³/mol. The first kappa shape index (κ1) is 16.2. The van der Waals surface area contributed by atoms with E-state index in [1.54, 1.807) is 0 Å². The summed E-state index contributed by atoms with van der Waals surface area (Å²) in [5.74, 6) is 0. The summed E-state index contributed by atoms with van der Waals surface area (Å²) in [6, 6.07) is 7.31. The Morgan fingerprint density at radius 2 is 2.05 bits per heavy atom. The summed E-state index contributed by atoms with van der Waals surface area (Å²) in [4.78, 5) is 14.0. The third kappa shape index (κ3) is 4.42. The van der Waals surface area contributed by atoms with Gasteiger partial charge < -0.3 is 10.2 Å². The predicted octanol–water partition coefficient (Wildman–Crippen LogP) is 3.73. The van der Waals surface area contributed by atoms with Gasteiger partial charge in [0.15, 0.2) is 0 Å². The van der Waals surface area contributed by atoms with E-state index in [0.717, 1.165) is 35.8 Å². The Bertz CT molecular complexity index is 628. The molecule has 2 N–H and O–H groups in total. The molecule has 118 valence electrons. The molecule has 0 aliphatic heterocycles. The number of aryl methyl sites for hydroxylation is 1. The number of hydrogen-bond donors (Lipinski definition) is 2. The molecule has 0 aliphatic carbocycles. The van der Waals surface area contributed by atoms with Crippen LogP contribution in [0.4, 0.5) is 20.7 Å². The van der Waals surface area contributed by atoms with Crippen LogP contribution >= 0.6 is 11.3 Å². The molecule has 0 radical (unpaired) electrons. The lowest BCUT2D eigenvalue weighted by Gasteiger charge is -2.13. The van der Waals surface area contributed by atoms with Crippen molar-refractivity contribution >= 4 is 33.3 Å². The minimum Gasteiger partial charge on any atom is -0.350 e. The summed E-state index contributed by atoms with van der Waals surface area (Å²) in [7, 11) is 1.98. The summed E-state index contributed by atoms with van der Waals surface area (Å²) in [5.41, 5.74) is 1.79. The van der Waals surface area contributed by atoms with Crippen molar-refractivity contribution in [3.05, 3.63) is 29.8 Å². The molecule has 0 aliphatic rings. The highest BCUT2D eigenvalue weighted by atomic mass is 32.1. The van der Waals surface area contributed by atoms with Crippen LogP contribution in [-0.2, 0) is 0 Å². The fraction of sp³-hybridized carbons (Fsp3) is 0.400. The summed E-state index contributed by atoms with van der Waals surface area (Å²) in [5, 5.41) is 14.9. The number of amides is 2. The first-order valence-electron chi connectivity index (χ1n) is 7.28. The maximum absolute atomic E-state index is 12.0. The number of urea groups is 1. The molecular formula is C15H21N5OS. The third-order valence-electron chi connectivity index (χ3n) is 3.20. The Kier molecular flexibility index (Phi) is 5.71. The van der Waals surface area contributed by atoms with Gasteiger partial charge in [0.25, 0.3) is 0 Å². The Hall–Kier alpha value is -2.15. The molecule has 6 nitrogen and oxygen atoms in total. The number of benzene rings is 1. The van der Waals surface area contributed by atoms with Crippen molar-refractivity contribution < 1.29 is 4.79 Å². The number of unbranched alkanes of at least 4 members (excludes halogenated alkanes) is 1. The smallest absolute Gasteiger partial charge is 0.325 e. The van der Waals surface area contributed by atoms with Crippen molar-refractivity contribution in [3.63, 3.8) is 0 Å². The zero-order chi connectivity index (χ0) is 15.9. The molecule has 22 heavy (non-hydrogen) atoms. The minimum absolute atomic E-state index is 0.312. The average Bonchev–Trinajstić information content (AvgIpc) is 2.95. The van der Waals surface area contributed by atoms with Crippen LogP contribution in [0.5, 0.6) is 0 Å². The Morgan fingerprint density at radius 3 is 2.77 bits per heavy atom. The molecular weight excluding hydrogens is 298 g/mol. The van der Waals surface area contributed by atoms with Crippen molar-refractivity contribution in [3.8, 4) is 0 Å². The Morgan fingerprint density at radius 1 is 1.27 bits per heavy atom. The van der Waals surface area contributed by atoms with Gasteiger partial charge in [0, 0.05) is 19.3 Å². The lowest BCUT2D eigenvalue weighted by Crippen LogP contribution is -2.19. The molecule has 0 spiro atoms. The first-order valence-corrected chi connectivity index (χ1v) is 8.10. The molecule has 0 saturated heterocycles. The number of anilines is 3. The number of hydrogen-bond acceptors (Lipinski definition) is 5. The maximum atomic E-state index is 12.0. The monoisotopic (exact) mass is 319 g/mol. The molecule has 1 heterocycles. The third-order valence-corrected chi connectivity index (χ3v) is 4.15. The maximum Gasteiger partial charge on any atom is 0.325 e. The van der Waals surface area contributed by atoms with E-state index in [0.29, 0.717) is 5.13 Å². The van der Waals surface area contributed by atoms with Crippen LogP contribution in [0.15, 0.2) is 24.3 Å².